The van der Waals surface area contributed by atoms with Crippen molar-refractivity contribution in [3.63, 3.8) is 0 Å². The fourth-order valence-corrected chi connectivity index (χ4v) is 3.32. The van der Waals surface area contributed by atoms with Gasteiger partial charge in [-0.15, -0.1) is 0 Å². The molecular weight excluding hydrogens is 336 g/mol. The first-order chi connectivity index (χ1) is 11.8. The van der Waals surface area contributed by atoms with Gasteiger partial charge >= 0.3 is 0 Å². The summed E-state index contributed by atoms with van der Waals surface area (Å²) in [5, 5.41) is 0. The van der Waals surface area contributed by atoms with Crippen molar-refractivity contribution in [1.29, 1.82) is 0 Å². The minimum Gasteiger partial charge on any atom is -0.315 e. The van der Waals surface area contributed by atoms with Gasteiger partial charge < -0.3 is 4.90 Å². The van der Waals surface area contributed by atoms with Gasteiger partial charge in [-0.3, -0.25) is 4.79 Å². The lowest BCUT2D eigenvalue weighted by molar-refractivity contribution is -0.118. The first kappa shape index (κ1) is 19.1. The molecule has 0 atom stereocenters. The summed E-state index contributed by atoms with van der Waals surface area (Å²) in [6, 6.07) is 17.0. The summed E-state index contributed by atoms with van der Waals surface area (Å²) < 4.78 is 25.6. The molecule has 0 bridgehead atoms. The highest BCUT2D eigenvalue weighted by Gasteiger charge is 2.20. The zero-order chi connectivity index (χ0) is 18.4. The van der Waals surface area contributed by atoms with E-state index in [9.17, 15) is 13.2 Å². The fraction of sp³-hybridized carbons (Fsp3) is 0.316. The summed E-state index contributed by atoms with van der Waals surface area (Å²) in [6.07, 6.45) is 1.31. The van der Waals surface area contributed by atoms with Gasteiger partial charge in [-0.1, -0.05) is 42.5 Å². The van der Waals surface area contributed by atoms with Crippen LogP contribution in [-0.2, 0) is 21.4 Å². The number of hydrogen-bond donors (Lipinski definition) is 0. The minimum atomic E-state index is -3.40. The van der Waals surface area contributed by atoms with Gasteiger partial charge in [-0.2, -0.15) is 4.31 Å². The quantitative estimate of drug-likeness (QED) is 0.763. The molecule has 2 aromatic rings. The summed E-state index contributed by atoms with van der Waals surface area (Å²) in [6.45, 7) is 2.38. The molecule has 1 amide bonds. The number of carbonyl (C=O) groups excluding carboxylic acids is 1. The van der Waals surface area contributed by atoms with E-state index in [1.54, 1.807) is 11.9 Å². The Balaban J connectivity index is 2.06. The van der Waals surface area contributed by atoms with Crippen molar-refractivity contribution in [2.45, 2.75) is 19.9 Å². The first-order valence-electron chi connectivity index (χ1n) is 8.10. The molecule has 2 rings (SSSR count). The maximum absolute atomic E-state index is 12.4. The minimum absolute atomic E-state index is 0.121. The lowest BCUT2D eigenvalue weighted by Gasteiger charge is -2.23. The maximum Gasteiger partial charge on any atom is 0.228 e. The molecule has 0 unspecified atom stereocenters. The van der Waals surface area contributed by atoms with Gasteiger partial charge in [0.2, 0.25) is 15.9 Å². The molecule has 0 aromatic heterocycles. The van der Waals surface area contributed by atoms with E-state index in [4.69, 9.17) is 0 Å². The standard InChI is InChI=1S/C19H24N2O3S/c1-16-9-7-8-10-17(16)15-21(25(3,23)24)14-13-19(22)20(2)18-11-5-4-6-12-18/h4-12H,13-15H2,1-3H3. The number of sulfonamides is 1. The number of aryl methyl sites for hydroxylation is 1. The Bertz CT molecular complexity index is 820. The van der Waals surface area contributed by atoms with Crippen LogP contribution >= 0.6 is 0 Å². The molecule has 0 spiro atoms. The third-order valence-electron chi connectivity index (χ3n) is 4.17. The highest BCUT2D eigenvalue weighted by atomic mass is 32.2. The summed E-state index contributed by atoms with van der Waals surface area (Å²) in [7, 11) is -1.71. The number of nitrogens with zero attached hydrogens (tertiary/aromatic N) is 2. The van der Waals surface area contributed by atoms with Crippen LogP contribution in [0.2, 0.25) is 0 Å². The van der Waals surface area contributed by atoms with Crippen molar-refractivity contribution >= 4 is 21.6 Å². The Hall–Kier alpha value is -2.18. The highest BCUT2D eigenvalue weighted by molar-refractivity contribution is 7.88. The summed E-state index contributed by atoms with van der Waals surface area (Å²) in [5.41, 5.74) is 2.76. The van der Waals surface area contributed by atoms with E-state index in [1.807, 2.05) is 61.5 Å². The molecule has 6 heteroatoms. The number of carbonyl (C=O) groups is 1. The molecule has 0 heterocycles. The Morgan fingerprint density at radius 3 is 2.20 bits per heavy atom. The number of para-hydroxylation sites is 1. The van der Waals surface area contributed by atoms with E-state index in [1.165, 1.54) is 10.6 Å². The predicted octanol–water partition coefficient (Wildman–Crippen LogP) is 2.81. The lowest BCUT2D eigenvalue weighted by atomic mass is 10.1. The molecule has 0 aliphatic rings. The van der Waals surface area contributed by atoms with Gasteiger partial charge in [0.15, 0.2) is 0 Å². The van der Waals surface area contributed by atoms with Gasteiger partial charge in [-0.25, -0.2) is 8.42 Å². The number of rotatable bonds is 7. The van der Waals surface area contributed by atoms with Gasteiger partial charge in [0, 0.05) is 32.2 Å². The lowest BCUT2D eigenvalue weighted by Crippen LogP contribution is -2.35. The van der Waals surface area contributed by atoms with Crippen LogP contribution in [0.25, 0.3) is 0 Å². The van der Waals surface area contributed by atoms with E-state index >= 15 is 0 Å². The average molecular weight is 360 g/mol. The fourth-order valence-electron chi connectivity index (χ4n) is 2.52. The third kappa shape index (κ3) is 5.41. The molecule has 25 heavy (non-hydrogen) atoms. The Morgan fingerprint density at radius 2 is 1.60 bits per heavy atom. The number of amides is 1. The van der Waals surface area contributed by atoms with Crippen LogP contribution in [-0.4, -0.2) is 38.5 Å². The van der Waals surface area contributed by atoms with Gasteiger partial charge in [-0.05, 0) is 30.2 Å². The molecule has 0 radical (unpaired) electrons. The van der Waals surface area contributed by atoms with E-state index < -0.39 is 10.0 Å². The summed E-state index contributed by atoms with van der Waals surface area (Å²) >= 11 is 0. The van der Waals surface area contributed by atoms with Crippen molar-refractivity contribution in [3.05, 3.63) is 65.7 Å². The molecule has 2 aromatic carbocycles. The second-order valence-corrected chi connectivity index (χ2v) is 8.04. The number of anilines is 1. The number of hydrogen-bond acceptors (Lipinski definition) is 3. The van der Waals surface area contributed by atoms with Gasteiger partial charge in [0.25, 0.3) is 0 Å². The Morgan fingerprint density at radius 1 is 1.00 bits per heavy atom. The smallest absolute Gasteiger partial charge is 0.228 e. The van der Waals surface area contributed by atoms with E-state index in [-0.39, 0.29) is 25.4 Å². The van der Waals surface area contributed by atoms with Crippen molar-refractivity contribution in [2.75, 3.05) is 24.7 Å². The van der Waals surface area contributed by atoms with E-state index in [0.29, 0.717) is 0 Å². The largest absolute Gasteiger partial charge is 0.315 e. The molecule has 0 aliphatic heterocycles. The molecule has 0 saturated carbocycles. The zero-order valence-corrected chi connectivity index (χ0v) is 15.7. The second-order valence-electron chi connectivity index (χ2n) is 6.06. The normalized spacial score (nSPS) is 11.5. The Labute approximate surface area is 149 Å². The van der Waals surface area contributed by atoms with E-state index in [0.717, 1.165) is 16.8 Å². The molecule has 0 aliphatic carbocycles. The van der Waals surface area contributed by atoms with Crippen molar-refractivity contribution in [2.24, 2.45) is 0 Å². The molecule has 0 saturated heterocycles. The molecule has 134 valence electrons. The van der Waals surface area contributed by atoms with Crippen molar-refractivity contribution in [1.82, 2.24) is 4.31 Å². The maximum atomic E-state index is 12.4. The Kier molecular flexibility index (Phi) is 6.33. The third-order valence-corrected chi connectivity index (χ3v) is 5.42. The molecule has 0 N–H and O–H groups in total. The topological polar surface area (TPSA) is 57.7 Å². The van der Waals surface area contributed by atoms with Crippen LogP contribution in [0, 0.1) is 6.92 Å². The monoisotopic (exact) mass is 360 g/mol. The van der Waals surface area contributed by atoms with Crippen LogP contribution < -0.4 is 4.90 Å². The van der Waals surface area contributed by atoms with Crippen molar-refractivity contribution in [3.8, 4) is 0 Å². The van der Waals surface area contributed by atoms with Gasteiger partial charge in [0.05, 0.1) is 6.26 Å². The summed E-state index contributed by atoms with van der Waals surface area (Å²) in [4.78, 5) is 13.9. The predicted molar refractivity (Wildman–Crippen MR) is 101 cm³/mol. The van der Waals surface area contributed by atoms with Crippen LogP contribution in [0.1, 0.15) is 17.5 Å². The van der Waals surface area contributed by atoms with Crippen LogP contribution in [0.15, 0.2) is 54.6 Å². The SMILES string of the molecule is Cc1ccccc1CN(CCC(=O)N(C)c1ccccc1)S(C)(=O)=O. The molecular formula is C19H24N2O3S. The molecule has 0 fully saturated rings. The van der Waals surface area contributed by atoms with Gasteiger partial charge in [0.1, 0.15) is 0 Å². The zero-order valence-electron chi connectivity index (χ0n) is 14.8. The average Bonchev–Trinajstić information content (AvgIpc) is 2.59. The van der Waals surface area contributed by atoms with Crippen LogP contribution in [0.5, 0.6) is 0 Å². The van der Waals surface area contributed by atoms with E-state index in [2.05, 4.69) is 0 Å². The second kappa shape index (κ2) is 8.27. The number of benzene rings is 2. The van der Waals surface area contributed by atoms with Crippen LogP contribution in [0.3, 0.4) is 0 Å². The molecule has 5 nitrogen and oxygen atoms in total. The summed E-state index contributed by atoms with van der Waals surface area (Å²) in [5.74, 6) is -0.121. The van der Waals surface area contributed by atoms with Crippen LogP contribution in [0.4, 0.5) is 5.69 Å². The first-order valence-corrected chi connectivity index (χ1v) is 9.95. The van der Waals surface area contributed by atoms with Crippen molar-refractivity contribution < 1.29 is 13.2 Å². The highest BCUT2D eigenvalue weighted by Crippen LogP contribution is 2.15.